The Morgan fingerprint density at radius 1 is 1.02 bits per heavy atom. The van der Waals surface area contributed by atoms with E-state index in [1.165, 1.54) is 26.0 Å². The number of fused-ring (bicyclic) bond motifs is 7. The van der Waals surface area contributed by atoms with Crippen LogP contribution in [0.4, 0.5) is 0 Å². The third kappa shape index (κ3) is 5.73. The first-order valence-electron chi connectivity index (χ1n) is 13.2. The minimum absolute atomic E-state index is 0.161. The number of nitrogens with one attached hydrogen (secondary N) is 2. The molecule has 0 radical (unpaired) electrons. The van der Waals surface area contributed by atoms with Gasteiger partial charge in [-0.15, -0.1) is 0 Å². The van der Waals surface area contributed by atoms with Gasteiger partial charge >= 0.3 is 0 Å². The lowest BCUT2D eigenvalue weighted by atomic mass is 10.1. The van der Waals surface area contributed by atoms with Gasteiger partial charge in [-0.3, -0.25) is 19.4 Å². The molecule has 5 heterocycles. The quantitative estimate of drug-likeness (QED) is 0.372. The number of amides is 3. The molecular weight excluding hydrogens is 542 g/mol. The van der Waals surface area contributed by atoms with Gasteiger partial charge in [0.15, 0.2) is 18.7 Å². The number of aromatic nitrogens is 2. The van der Waals surface area contributed by atoms with Crippen LogP contribution in [0.25, 0.3) is 11.1 Å². The van der Waals surface area contributed by atoms with Crippen molar-refractivity contribution in [1.82, 2.24) is 25.5 Å². The molecule has 42 heavy (non-hydrogen) atoms. The third-order valence-electron chi connectivity index (χ3n) is 7.08. The van der Waals surface area contributed by atoms with Crippen molar-refractivity contribution in [2.24, 2.45) is 0 Å². The summed E-state index contributed by atoms with van der Waals surface area (Å²) in [6, 6.07) is 13.6. The number of methoxy groups -OCH3 is 1. The van der Waals surface area contributed by atoms with Crippen LogP contribution in [0.2, 0.25) is 0 Å². The Morgan fingerprint density at radius 2 is 1.90 bits per heavy atom. The van der Waals surface area contributed by atoms with E-state index in [4.69, 9.17) is 18.6 Å². The molecule has 3 amide bonds. The van der Waals surface area contributed by atoms with E-state index in [1.807, 2.05) is 6.07 Å². The van der Waals surface area contributed by atoms with Crippen molar-refractivity contribution in [3.8, 4) is 28.4 Å². The molecule has 6 bridgehead atoms. The Bertz CT molecular complexity index is 1620. The number of hydrogen-bond donors (Lipinski definition) is 2. The predicted octanol–water partition coefficient (Wildman–Crippen LogP) is 2.46. The van der Waals surface area contributed by atoms with Crippen molar-refractivity contribution in [3.05, 3.63) is 90.4 Å². The van der Waals surface area contributed by atoms with Crippen molar-refractivity contribution in [2.45, 2.75) is 18.7 Å². The second-order valence-corrected chi connectivity index (χ2v) is 9.85. The highest BCUT2D eigenvalue weighted by Crippen LogP contribution is 2.28. The van der Waals surface area contributed by atoms with E-state index in [-0.39, 0.29) is 49.7 Å². The van der Waals surface area contributed by atoms with Gasteiger partial charge in [-0.2, -0.15) is 0 Å². The Hall–Kier alpha value is -5.39. The maximum absolute atomic E-state index is 13.5. The van der Waals surface area contributed by atoms with Crippen LogP contribution in [-0.4, -0.2) is 71.5 Å². The van der Waals surface area contributed by atoms with Gasteiger partial charge in [0.2, 0.25) is 0 Å². The molecule has 2 aromatic carbocycles. The molecule has 1 saturated heterocycles. The zero-order valence-corrected chi connectivity index (χ0v) is 22.6. The molecule has 0 unspecified atom stereocenters. The van der Waals surface area contributed by atoms with E-state index >= 15 is 0 Å². The average Bonchev–Trinajstić information content (AvgIpc) is 3.70. The predicted molar refractivity (Wildman–Crippen MR) is 148 cm³/mol. The van der Waals surface area contributed by atoms with Gasteiger partial charge in [0.1, 0.15) is 29.6 Å². The monoisotopic (exact) mass is 569 g/mol. The van der Waals surface area contributed by atoms with Gasteiger partial charge in [0.05, 0.1) is 25.3 Å². The first-order valence-corrected chi connectivity index (χ1v) is 13.2. The van der Waals surface area contributed by atoms with Gasteiger partial charge in [-0.1, -0.05) is 12.1 Å². The van der Waals surface area contributed by atoms with Crippen LogP contribution in [-0.2, 0) is 11.3 Å². The first kappa shape index (κ1) is 26.8. The SMILES string of the molecule is COc1cc2ccc1CNC(=O)COc1cccc(c1)-c1cncc(c1)C(=O)N[C@H]1CN(C(=O)c3cocn3)C[C@@H]1O2. The summed E-state index contributed by atoms with van der Waals surface area (Å²) in [5.74, 6) is 0.466. The molecule has 2 aromatic heterocycles. The Kier molecular flexibility index (Phi) is 7.41. The molecule has 12 nitrogen and oxygen atoms in total. The molecule has 3 aliphatic heterocycles. The van der Waals surface area contributed by atoms with E-state index in [9.17, 15) is 14.4 Å². The molecule has 3 aliphatic rings. The minimum Gasteiger partial charge on any atom is -0.496 e. The minimum atomic E-state index is -0.587. The van der Waals surface area contributed by atoms with Crippen molar-refractivity contribution in [1.29, 1.82) is 0 Å². The maximum Gasteiger partial charge on any atom is 0.276 e. The van der Waals surface area contributed by atoms with Crippen LogP contribution in [0.1, 0.15) is 26.4 Å². The summed E-state index contributed by atoms with van der Waals surface area (Å²) in [5.41, 5.74) is 2.69. The number of nitrogens with zero attached hydrogens (tertiary/aromatic N) is 3. The van der Waals surface area contributed by atoms with Crippen LogP contribution in [0, 0.1) is 0 Å². The summed E-state index contributed by atoms with van der Waals surface area (Å²) >= 11 is 0. The van der Waals surface area contributed by atoms with Gasteiger partial charge in [0, 0.05) is 42.7 Å². The van der Waals surface area contributed by atoms with Gasteiger partial charge < -0.3 is 34.2 Å². The zero-order valence-electron chi connectivity index (χ0n) is 22.6. The molecule has 2 atom stereocenters. The van der Waals surface area contributed by atoms with Crippen LogP contribution in [0.5, 0.6) is 17.2 Å². The summed E-state index contributed by atoms with van der Waals surface area (Å²) in [5, 5.41) is 5.87. The summed E-state index contributed by atoms with van der Waals surface area (Å²) in [4.78, 5) is 48.9. The summed E-state index contributed by atoms with van der Waals surface area (Å²) in [6.45, 7) is 0.421. The zero-order chi connectivity index (χ0) is 29.1. The van der Waals surface area contributed by atoms with E-state index in [2.05, 4.69) is 20.6 Å². The lowest BCUT2D eigenvalue weighted by Crippen LogP contribution is -2.45. The number of hydrogen-bond acceptors (Lipinski definition) is 9. The standard InChI is InChI=1S/C30H27N5O7/c1-39-26-9-23-6-5-19(26)12-32-28(36)16-41-22-4-2-3-18(8-22)20-7-21(11-31-10-20)29(37)34-24-13-35(14-27(24)42-23)30(38)25-15-40-17-33-25/h2-11,15,17,24,27H,12-14,16H2,1H3,(H,32,36)(H,34,37)/t24-,27-/m0/s1. The molecule has 2 N–H and O–H groups in total. The number of rotatable bonds is 2. The second-order valence-electron chi connectivity index (χ2n) is 9.85. The summed E-state index contributed by atoms with van der Waals surface area (Å²) in [7, 11) is 1.53. The van der Waals surface area contributed by atoms with Crippen molar-refractivity contribution < 1.29 is 33.0 Å². The number of benzene rings is 2. The average molecular weight is 570 g/mol. The normalized spacial score (nSPS) is 18.6. The van der Waals surface area contributed by atoms with E-state index in [1.54, 1.807) is 53.6 Å². The first-order chi connectivity index (χ1) is 20.5. The highest BCUT2D eigenvalue weighted by molar-refractivity contribution is 5.96. The summed E-state index contributed by atoms with van der Waals surface area (Å²) in [6.07, 6.45) is 5.00. The van der Waals surface area contributed by atoms with Gasteiger partial charge in [-0.05, 0) is 35.9 Å². The fourth-order valence-electron chi connectivity index (χ4n) is 4.93. The highest BCUT2D eigenvalue weighted by atomic mass is 16.5. The fraction of sp³-hybridized carbons (Fsp3) is 0.233. The molecule has 0 aliphatic carbocycles. The molecule has 214 valence electrons. The fourth-order valence-corrected chi connectivity index (χ4v) is 4.93. The van der Waals surface area contributed by atoms with E-state index in [0.29, 0.717) is 28.4 Å². The Morgan fingerprint density at radius 3 is 2.74 bits per heavy atom. The molecule has 7 rings (SSSR count). The highest BCUT2D eigenvalue weighted by Gasteiger charge is 2.39. The number of likely N-dealkylation sites (tertiary alicyclic amines) is 1. The van der Waals surface area contributed by atoms with E-state index in [0.717, 1.165) is 11.1 Å². The number of pyridine rings is 1. The molecule has 12 heteroatoms. The molecule has 1 fully saturated rings. The van der Waals surface area contributed by atoms with Crippen molar-refractivity contribution >= 4 is 17.7 Å². The second kappa shape index (κ2) is 11.6. The number of oxazole rings is 1. The smallest absolute Gasteiger partial charge is 0.276 e. The van der Waals surface area contributed by atoms with Gasteiger partial charge in [-0.25, -0.2) is 4.98 Å². The molecular formula is C30H27N5O7. The van der Waals surface area contributed by atoms with Crippen LogP contribution >= 0.6 is 0 Å². The van der Waals surface area contributed by atoms with E-state index < -0.39 is 12.1 Å². The Labute approximate surface area is 240 Å². The molecule has 4 aromatic rings. The number of ether oxygens (including phenoxy) is 3. The lowest BCUT2D eigenvalue weighted by Gasteiger charge is -2.22. The van der Waals surface area contributed by atoms with Gasteiger partial charge in [0.25, 0.3) is 17.7 Å². The van der Waals surface area contributed by atoms with Crippen molar-refractivity contribution in [3.63, 3.8) is 0 Å². The number of carbonyl (C=O) groups is 3. The lowest BCUT2D eigenvalue weighted by molar-refractivity contribution is -0.123. The Balaban J connectivity index is 1.34. The molecule has 0 saturated carbocycles. The van der Waals surface area contributed by atoms with Crippen LogP contribution in [0.3, 0.4) is 0 Å². The third-order valence-corrected chi connectivity index (χ3v) is 7.08. The largest absolute Gasteiger partial charge is 0.496 e. The summed E-state index contributed by atoms with van der Waals surface area (Å²) < 4.78 is 22.6. The van der Waals surface area contributed by atoms with Crippen LogP contribution < -0.4 is 24.8 Å². The number of carbonyl (C=O) groups excluding carboxylic acids is 3. The topological polar surface area (TPSA) is 145 Å². The van der Waals surface area contributed by atoms with Crippen LogP contribution in [0.15, 0.2) is 78.0 Å². The molecule has 0 spiro atoms. The van der Waals surface area contributed by atoms with Crippen molar-refractivity contribution in [2.75, 3.05) is 26.8 Å². The maximum atomic E-state index is 13.5.